The van der Waals surface area contributed by atoms with Gasteiger partial charge in [-0.15, -0.1) is 5.10 Å². The summed E-state index contributed by atoms with van der Waals surface area (Å²) in [6, 6.07) is 9.56. The van der Waals surface area contributed by atoms with E-state index in [1.54, 1.807) is 6.92 Å². The average Bonchev–Trinajstić information content (AvgIpc) is 3.01. The molecule has 0 bridgehead atoms. The molecule has 0 aliphatic heterocycles. The van der Waals surface area contributed by atoms with Gasteiger partial charge in [0.15, 0.2) is 5.69 Å². The predicted molar refractivity (Wildman–Crippen MR) is 109 cm³/mol. The van der Waals surface area contributed by atoms with Crippen molar-refractivity contribution in [2.45, 2.75) is 27.3 Å². The fraction of sp³-hybridized carbons (Fsp3) is 0.200. The number of aromatic nitrogens is 3. The van der Waals surface area contributed by atoms with Crippen molar-refractivity contribution in [1.82, 2.24) is 15.0 Å². The van der Waals surface area contributed by atoms with Crippen molar-refractivity contribution in [2.24, 2.45) is 0 Å². The minimum Gasteiger partial charge on any atom is -0.324 e. The molecule has 9 heteroatoms. The predicted octanol–water partition coefficient (Wildman–Crippen LogP) is 3.89. The van der Waals surface area contributed by atoms with Crippen molar-refractivity contribution in [3.63, 3.8) is 0 Å². The molecule has 150 valence electrons. The Bertz CT molecular complexity index is 1100. The number of aryl methyl sites for hydroxylation is 2. The molecule has 2 amide bonds. The molecular formula is C20H19ClFN5O2. The number of halogens is 2. The molecule has 7 nitrogen and oxygen atoms in total. The van der Waals surface area contributed by atoms with Crippen LogP contribution in [0.4, 0.5) is 15.8 Å². The number of nitrogens with one attached hydrogen (secondary N) is 2. The van der Waals surface area contributed by atoms with Crippen LogP contribution in [0.15, 0.2) is 36.4 Å². The van der Waals surface area contributed by atoms with Crippen LogP contribution in [0.1, 0.15) is 27.3 Å². The van der Waals surface area contributed by atoms with E-state index in [4.69, 9.17) is 11.6 Å². The highest BCUT2D eigenvalue weighted by Gasteiger charge is 2.19. The smallest absolute Gasteiger partial charge is 0.278 e. The lowest BCUT2D eigenvalue weighted by atomic mass is 10.1. The number of hydrogen-bond acceptors (Lipinski definition) is 4. The molecule has 1 aromatic heterocycles. The summed E-state index contributed by atoms with van der Waals surface area (Å²) in [6.07, 6.45) is 0. The maximum atomic E-state index is 13.2. The molecule has 2 N–H and O–H groups in total. The van der Waals surface area contributed by atoms with E-state index in [9.17, 15) is 14.0 Å². The van der Waals surface area contributed by atoms with Crippen molar-refractivity contribution in [2.75, 3.05) is 10.6 Å². The van der Waals surface area contributed by atoms with E-state index >= 15 is 0 Å². The van der Waals surface area contributed by atoms with Crippen molar-refractivity contribution < 1.29 is 14.0 Å². The number of hydrogen-bond donors (Lipinski definition) is 2. The van der Waals surface area contributed by atoms with Crippen LogP contribution in [-0.4, -0.2) is 26.8 Å². The summed E-state index contributed by atoms with van der Waals surface area (Å²) < 4.78 is 14.5. The first-order chi connectivity index (χ1) is 13.7. The van der Waals surface area contributed by atoms with Crippen LogP contribution >= 0.6 is 11.6 Å². The number of rotatable bonds is 5. The molecule has 0 fully saturated rings. The molecule has 3 aromatic rings. The molecule has 0 atom stereocenters. The van der Waals surface area contributed by atoms with Gasteiger partial charge in [0.2, 0.25) is 5.91 Å². The Morgan fingerprint density at radius 1 is 1.10 bits per heavy atom. The highest BCUT2D eigenvalue weighted by molar-refractivity contribution is 6.31. The summed E-state index contributed by atoms with van der Waals surface area (Å²) in [6.45, 7) is 5.36. The molecule has 0 unspecified atom stereocenters. The van der Waals surface area contributed by atoms with Crippen LogP contribution in [-0.2, 0) is 11.3 Å². The Balaban J connectivity index is 1.68. The van der Waals surface area contributed by atoms with Gasteiger partial charge in [-0.25, -0.2) is 9.07 Å². The van der Waals surface area contributed by atoms with E-state index in [2.05, 4.69) is 20.9 Å². The summed E-state index contributed by atoms with van der Waals surface area (Å²) in [7, 11) is 0. The molecule has 0 spiro atoms. The maximum Gasteiger partial charge on any atom is 0.278 e. The van der Waals surface area contributed by atoms with Gasteiger partial charge in [0.1, 0.15) is 12.4 Å². The molecule has 0 aliphatic rings. The zero-order valence-electron chi connectivity index (χ0n) is 16.1. The van der Waals surface area contributed by atoms with Crippen molar-refractivity contribution in [1.29, 1.82) is 0 Å². The number of carbonyl (C=O) groups is 2. The lowest BCUT2D eigenvalue weighted by Gasteiger charge is -2.09. The van der Waals surface area contributed by atoms with E-state index in [1.807, 2.05) is 32.0 Å². The van der Waals surface area contributed by atoms with Gasteiger partial charge in [-0.05, 0) is 50.6 Å². The Morgan fingerprint density at radius 3 is 2.55 bits per heavy atom. The van der Waals surface area contributed by atoms with Gasteiger partial charge in [0.25, 0.3) is 5.91 Å². The van der Waals surface area contributed by atoms with Crippen LogP contribution in [0, 0.1) is 26.6 Å². The fourth-order valence-electron chi connectivity index (χ4n) is 2.77. The van der Waals surface area contributed by atoms with Gasteiger partial charge in [0, 0.05) is 11.4 Å². The highest BCUT2D eigenvalue weighted by atomic mass is 35.5. The second kappa shape index (κ2) is 8.40. The zero-order chi connectivity index (χ0) is 21.1. The van der Waals surface area contributed by atoms with E-state index in [1.165, 1.54) is 16.8 Å². The molecule has 1 heterocycles. The van der Waals surface area contributed by atoms with Gasteiger partial charge in [-0.3, -0.25) is 9.59 Å². The lowest BCUT2D eigenvalue weighted by Crippen LogP contribution is -2.21. The number of amides is 2. The third-order valence-corrected chi connectivity index (χ3v) is 4.61. The minimum atomic E-state index is -0.573. The first kappa shape index (κ1) is 20.5. The van der Waals surface area contributed by atoms with E-state index in [0.717, 1.165) is 17.2 Å². The van der Waals surface area contributed by atoms with Crippen molar-refractivity contribution in [3.8, 4) is 0 Å². The quantitative estimate of drug-likeness (QED) is 0.661. The maximum absolute atomic E-state index is 13.2. The van der Waals surface area contributed by atoms with Crippen LogP contribution in [0.5, 0.6) is 0 Å². The normalized spacial score (nSPS) is 10.7. The molecule has 2 aromatic carbocycles. The lowest BCUT2D eigenvalue weighted by molar-refractivity contribution is -0.117. The molecule has 0 saturated heterocycles. The molecule has 0 aliphatic carbocycles. The molecule has 3 rings (SSSR count). The van der Waals surface area contributed by atoms with Crippen LogP contribution in [0.25, 0.3) is 0 Å². The highest BCUT2D eigenvalue weighted by Crippen LogP contribution is 2.20. The summed E-state index contributed by atoms with van der Waals surface area (Å²) in [4.78, 5) is 24.8. The standard InChI is InChI=1S/C20H19ClFN5O2/c1-11-4-7-17(12(2)8-11)24-20(29)19-13(3)27(26-25-19)10-18(28)23-14-5-6-16(22)15(21)9-14/h4-9H,10H2,1-3H3,(H,23,28)(H,24,29). The molecule has 29 heavy (non-hydrogen) atoms. The van der Waals surface area contributed by atoms with E-state index in [-0.39, 0.29) is 17.3 Å². The second-order valence-corrected chi connectivity index (χ2v) is 7.04. The largest absolute Gasteiger partial charge is 0.324 e. The number of nitrogens with zero attached hydrogens (tertiary/aromatic N) is 3. The van der Waals surface area contributed by atoms with Gasteiger partial charge in [-0.1, -0.05) is 34.5 Å². The fourth-order valence-corrected chi connectivity index (χ4v) is 2.95. The first-order valence-corrected chi connectivity index (χ1v) is 9.16. The summed E-state index contributed by atoms with van der Waals surface area (Å²) in [5, 5.41) is 13.1. The van der Waals surface area contributed by atoms with E-state index in [0.29, 0.717) is 17.1 Å². The molecule has 0 radical (unpaired) electrons. The zero-order valence-corrected chi connectivity index (χ0v) is 16.8. The van der Waals surface area contributed by atoms with Gasteiger partial charge in [0.05, 0.1) is 10.7 Å². The minimum absolute atomic E-state index is 0.0925. The summed E-state index contributed by atoms with van der Waals surface area (Å²) >= 11 is 5.71. The Hall–Kier alpha value is -3.26. The Morgan fingerprint density at radius 2 is 1.86 bits per heavy atom. The van der Waals surface area contributed by atoms with Crippen LogP contribution in [0.2, 0.25) is 5.02 Å². The number of anilines is 2. The van der Waals surface area contributed by atoms with Gasteiger partial charge in [-0.2, -0.15) is 0 Å². The SMILES string of the molecule is Cc1ccc(NC(=O)c2nnn(CC(=O)Nc3ccc(F)c(Cl)c3)c2C)c(C)c1. The monoisotopic (exact) mass is 415 g/mol. The van der Waals surface area contributed by atoms with Crippen molar-refractivity contribution >= 4 is 34.8 Å². The topological polar surface area (TPSA) is 88.9 Å². The molecule has 0 saturated carbocycles. The average molecular weight is 416 g/mol. The first-order valence-electron chi connectivity index (χ1n) is 8.78. The summed E-state index contributed by atoms with van der Waals surface area (Å²) in [5.41, 5.74) is 3.63. The van der Waals surface area contributed by atoms with Crippen LogP contribution < -0.4 is 10.6 Å². The second-order valence-electron chi connectivity index (χ2n) is 6.63. The molecular weight excluding hydrogens is 397 g/mol. The van der Waals surface area contributed by atoms with E-state index < -0.39 is 17.6 Å². The van der Waals surface area contributed by atoms with Gasteiger partial charge < -0.3 is 10.6 Å². The van der Waals surface area contributed by atoms with Crippen molar-refractivity contribution in [3.05, 3.63) is 69.8 Å². The third-order valence-electron chi connectivity index (χ3n) is 4.32. The third kappa shape index (κ3) is 4.78. The van der Waals surface area contributed by atoms with Gasteiger partial charge >= 0.3 is 0 Å². The Kier molecular flexibility index (Phi) is 5.93. The number of carbonyl (C=O) groups excluding carboxylic acids is 2. The number of benzene rings is 2. The summed E-state index contributed by atoms with van der Waals surface area (Å²) in [5.74, 6) is -1.40. The Labute approximate surface area is 171 Å². The van der Waals surface area contributed by atoms with Crippen LogP contribution in [0.3, 0.4) is 0 Å².